The Bertz CT molecular complexity index is 1470. The molecule has 22 nitrogen and oxygen atoms in total. The van der Waals surface area contributed by atoms with Gasteiger partial charge in [0, 0.05) is 30.7 Å². The van der Waals surface area contributed by atoms with Crippen LogP contribution in [0.3, 0.4) is 0 Å². The summed E-state index contributed by atoms with van der Waals surface area (Å²) < 4.78 is 44.5. The predicted octanol–water partition coefficient (Wildman–Crippen LogP) is 3.83. The largest absolute Gasteiger partial charge is 0.466 e. The van der Waals surface area contributed by atoms with Crippen LogP contribution in [0.1, 0.15) is 97.3 Å². The van der Waals surface area contributed by atoms with E-state index in [4.69, 9.17) is 33.2 Å². The van der Waals surface area contributed by atoms with Gasteiger partial charge in [-0.05, 0) is 90.9 Å². The topological polar surface area (TPSA) is 285 Å². The molecule has 4 N–H and O–H groups in total. The predicted molar refractivity (Wildman–Crippen MR) is 222 cm³/mol. The molecule has 0 fully saturated rings. The van der Waals surface area contributed by atoms with Crippen molar-refractivity contribution >= 4 is 54.2 Å². The molecule has 0 saturated heterocycles. The van der Waals surface area contributed by atoms with E-state index in [1.165, 1.54) is 13.8 Å². The number of hydrogen-bond acceptors (Lipinski definition) is 18. The first-order chi connectivity index (χ1) is 30.1. The molecule has 0 aromatic rings. The molecule has 0 aliphatic heterocycles. The maximum atomic E-state index is 12.4. The van der Waals surface area contributed by atoms with Crippen LogP contribution >= 0.6 is 0 Å². The zero-order valence-corrected chi connectivity index (χ0v) is 37.0. The highest BCUT2D eigenvalue weighted by Crippen LogP contribution is 2.07. The molecular formula is C41H66N4O18. The molecule has 358 valence electrons. The van der Waals surface area contributed by atoms with Gasteiger partial charge in [-0.3, -0.25) is 4.79 Å². The fraction of sp³-hybridized carbons (Fsp3) is 0.683. The number of nitrogens with one attached hydrogen (secondary N) is 4. The molecule has 0 saturated carbocycles. The Labute approximate surface area is 368 Å². The minimum absolute atomic E-state index is 0.161. The molecule has 2 unspecified atom stereocenters. The third-order valence-corrected chi connectivity index (χ3v) is 8.26. The highest BCUT2D eigenvalue weighted by Gasteiger charge is 2.24. The van der Waals surface area contributed by atoms with Crippen LogP contribution in [0, 0.1) is 0 Å². The lowest BCUT2D eigenvalue weighted by molar-refractivity contribution is -0.151. The molecule has 0 heterocycles. The first kappa shape index (κ1) is 56.9. The summed E-state index contributed by atoms with van der Waals surface area (Å²) in [6, 6.07) is -2.01. The quantitative estimate of drug-likeness (QED) is 0.0309. The molecule has 0 aromatic carbocycles. The summed E-state index contributed by atoms with van der Waals surface area (Å²) in [5.41, 5.74) is 0.409. The Morgan fingerprint density at radius 3 is 1.21 bits per heavy atom. The van der Waals surface area contributed by atoms with Gasteiger partial charge in [-0.2, -0.15) is 0 Å². The van der Waals surface area contributed by atoms with Gasteiger partial charge in [-0.25, -0.2) is 38.4 Å². The van der Waals surface area contributed by atoms with Gasteiger partial charge in [0.25, 0.3) is 0 Å². The molecule has 63 heavy (non-hydrogen) atoms. The van der Waals surface area contributed by atoms with Crippen LogP contribution in [0.5, 0.6) is 0 Å². The van der Waals surface area contributed by atoms with Gasteiger partial charge in [0.1, 0.15) is 38.5 Å². The van der Waals surface area contributed by atoms with E-state index in [9.17, 15) is 43.2 Å². The van der Waals surface area contributed by atoms with Gasteiger partial charge in [-0.15, -0.1) is 0 Å². The Morgan fingerprint density at radius 2 is 0.810 bits per heavy atom. The summed E-state index contributed by atoms with van der Waals surface area (Å²) in [6.07, 6.45) is 3.19. The number of carbonyl (C=O) groups is 9. The normalized spacial score (nSPS) is 11.2. The molecule has 2 atom stereocenters. The number of unbranched alkanes of at least 4 members (excludes halogenated alkanes) is 6. The third-order valence-electron chi connectivity index (χ3n) is 8.26. The van der Waals surface area contributed by atoms with Crippen LogP contribution in [-0.4, -0.2) is 140 Å². The molecule has 0 rings (SSSR count). The maximum absolute atomic E-state index is 12.4. The monoisotopic (exact) mass is 902 g/mol. The van der Waals surface area contributed by atoms with E-state index in [0.717, 1.165) is 14.2 Å². The van der Waals surface area contributed by atoms with Gasteiger partial charge >= 0.3 is 54.2 Å². The molecule has 4 amide bonds. The van der Waals surface area contributed by atoms with E-state index in [0.29, 0.717) is 64.2 Å². The number of carbonyl (C=O) groups excluding carboxylic acids is 9. The number of esters is 5. The van der Waals surface area contributed by atoms with Crippen molar-refractivity contribution in [2.45, 2.75) is 109 Å². The smallest absolute Gasteiger partial charge is 0.407 e. The van der Waals surface area contributed by atoms with Crippen molar-refractivity contribution in [2.75, 3.05) is 73.6 Å². The number of methoxy groups -OCH3 is 2. The first-order valence-corrected chi connectivity index (χ1v) is 20.8. The standard InChI is InChI=1S/C41H66N4O18/c1-29(2)34(47)58-25-27-60-36(49)31(44-40(53)55-5)17-10-12-20-42-38(51)62-23-14-7-9-19-33(46)57-22-15-8-16-24-63-39(52)43-21-13-11-18-32(45-41(54)56-6)37(50)61-28-26-59-35(48)30(3)4/h31-32H,1,3,7-28H2,2,4-6H3,(H,42,51)(H,43,52)(H,44,53)(H,45,54). The van der Waals surface area contributed by atoms with E-state index in [2.05, 4.69) is 43.9 Å². The average Bonchev–Trinajstić information content (AvgIpc) is 3.25. The lowest BCUT2D eigenvalue weighted by Gasteiger charge is -2.17. The van der Waals surface area contributed by atoms with Crippen molar-refractivity contribution in [3.8, 4) is 0 Å². The van der Waals surface area contributed by atoms with E-state index in [1.54, 1.807) is 0 Å². The van der Waals surface area contributed by atoms with Gasteiger partial charge in [0.15, 0.2) is 0 Å². The molecule has 0 radical (unpaired) electrons. The van der Waals surface area contributed by atoms with Gasteiger partial charge in [-0.1, -0.05) is 13.2 Å². The van der Waals surface area contributed by atoms with E-state index in [-0.39, 0.29) is 95.7 Å². The number of amides is 4. The Balaban J connectivity index is 3.96. The van der Waals surface area contributed by atoms with Gasteiger partial charge in [0.05, 0.1) is 34.0 Å². The average molecular weight is 903 g/mol. The van der Waals surface area contributed by atoms with Crippen LogP contribution in [0.15, 0.2) is 24.3 Å². The Morgan fingerprint density at radius 1 is 0.429 bits per heavy atom. The summed E-state index contributed by atoms with van der Waals surface area (Å²) in [5, 5.41) is 10.0. The number of hydrogen-bond donors (Lipinski definition) is 4. The SMILES string of the molecule is C=C(C)C(=O)OCCOC(=O)C(CCCCNC(=O)OCCCCCOC(=O)CCCCCOC(=O)NCCCCC(NC(=O)OC)C(=O)OCCOC(=O)C(=C)C)NC(=O)OC. The van der Waals surface area contributed by atoms with Crippen molar-refractivity contribution in [2.24, 2.45) is 0 Å². The summed E-state index contributed by atoms with van der Waals surface area (Å²) in [6.45, 7) is 10.2. The minimum atomic E-state index is -1.01. The fourth-order valence-electron chi connectivity index (χ4n) is 4.85. The Kier molecular flexibility index (Phi) is 33.0. The highest BCUT2D eigenvalue weighted by molar-refractivity contribution is 5.87. The zero-order valence-electron chi connectivity index (χ0n) is 37.0. The zero-order chi connectivity index (χ0) is 47.3. The van der Waals surface area contributed by atoms with Crippen molar-refractivity contribution in [3.63, 3.8) is 0 Å². The van der Waals surface area contributed by atoms with Crippen molar-refractivity contribution in [1.29, 1.82) is 0 Å². The number of rotatable bonds is 34. The molecule has 0 aliphatic rings. The summed E-state index contributed by atoms with van der Waals surface area (Å²) in [4.78, 5) is 107. The Hall–Kier alpha value is -6.09. The van der Waals surface area contributed by atoms with E-state index < -0.39 is 60.3 Å². The second-order valence-corrected chi connectivity index (χ2v) is 13.8. The molecule has 0 bridgehead atoms. The van der Waals surface area contributed by atoms with Crippen LogP contribution in [-0.2, 0) is 66.6 Å². The van der Waals surface area contributed by atoms with E-state index >= 15 is 0 Å². The lowest BCUT2D eigenvalue weighted by atomic mass is 10.1. The molecule has 0 aromatic heterocycles. The van der Waals surface area contributed by atoms with Crippen LogP contribution in [0.4, 0.5) is 19.2 Å². The summed E-state index contributed by atoms with van der Waals surface area (Å²) >= 11 is 0. The molecular weight excluding hydrogens is 836 g/mol. The van der Waals surface area contributed by atoms with Crippen molar-refractivity contribution in [3.05, 3.63) is 24.3 Å². The van der Waals surface area contributed by atoms with Gasteiger partial charge < -0.3 is 63.9 Å². The summed E-state index contributed by atoms with van der Waals surface area (Å²) in [7, 11) is 2.31. The maximum Gasteiger partial charge on any atom is 0.407 e. The van der Waals surface area contributed by atoms with Crippen molar-refractivity contribution < 1.29 is 85.8 Å². The van der Waals surface area contributed by atoms with Crippen molar-refractivity contribution in [1.82, 2.24) is 21.3 Å². The van der Waals surface area contributed by atoms with Crippen LogP contribution in [0.2, 0.25) is 0 Å². The lowest BCUT2D eigenvalue weighted by Crippen LogP contribution is -2.42. The fourth-order valence-corrected chi connectivity index (χ4v) is 4.85. The number of ether oxygens (including phenoxy) is 9. The van der Waals surface area contributed by atoms with Crippen LogP contribution < -0.4 is 21.3 Å². The molecule has 0 aliphatic carbocycles. The van der Waals surface area contributed by atoms with Crippen LogP contribution in [0.25, 0.3) is 0 Å². The highest BCUT2D eigenvalue weighted by atomic mass is 16.6. The molecule has 0 spiro atoms. The third kappa shape index (κ3) is 32.3. The second-order valence-electron chi connectivity index (χ2n) is 13.8. The minimum Gasteiger partial charge on any atom is -0.466 e. The summed E-state index contributed by atoms with van der Waals surface area (Å²) in [5.74, 6) is -3.03. The number of alkyl carbamates (subject to hydrolysis) is 4. The first-order valence-electron chi connectivity index (χ1n) is 20.8. The second kappa shape index (κ2) is 36.6. The molecule has 22 heteroatoms. The van der Waals surface area contributed by atoms with E-state index in [1.807, 2.05) is 0 Å². The van der Waals surface area contributed by atoms with Gasteiger partial charge in [0.2, 0.25) is 0 Å².